The summed E-state index contributed by atoms with van der Waals surface area (Å²) in [7, 11) is 0. The van der Waals surface area contributed by atoms with Crippen LogP contribution in [0.15, 0.2) is 17.5 Å². The van der Waals surface area contributed by atoms with Gasteiger partial charge in [-0.05, 0) is 24.3 Å². The van der Waals surface area contributed by atoms with Gasteiger partial charge in [-0.1, -0.05) is 6.07 Å². The van der Waals surface area contributed by atoms with Crippen molar-refractivity contribution in [3.63, 3.8) is 0 Å². The van der Waals surface area contributed by atoms with Gasteiger partial charge in [0.1, 0.15) is 5.01 Å². The van der Waals surface area contributed by atoms with Crippen molar-refractivity contribution in [1.29, 1.82) is 0 Å². The summed E-state index contributed by atoms with van der Waals surface area (Å²) in [5, 5.41) is 11.9. The maximum Gasteiger partial charge on any atom is 0.308 e. The lowest BCUT2D eigenvalue weighted by atomic mass is 10.2. The Morgan fingerprint density at radius 3 is 2.94 bits per heavy atom. The van der Waals surface area contributed by atoms with E-state index in [1.165, 1.54) is 11.3 Å². The van der Waals surface area contributed by atoms with E-state index < -0.39 is 5.97 Å². The predicted octanol–water partition coefficient (Wildman–Crippen LogP) is 3.38. The molecule has 0 bridgehead atoms. The van der Waals surface area contributed by atoms with Crippen molar-refractivity contribution < 1.29 is 9.90 Å². The molecule has 1 N–H and O–H groups in total. The van der Waals surface area contributed by atoms with Crippen LogP contribution in [0.2, 0.25) is 0 Å². The molecule has 0 radical (unpaired) electrons. The molecule has 5 heteroatoms. The summed E-state index contributed by atoms with van der Waals surface area (Å²) in [5.74, 6) is -0.261. The SMILES string of the molecule is O=C(O)Cc1sc(-c2cccs2)nc1C1CC1. The van der Waals surface area contributed by atoms with Crippen molar-refractivity contribution in [2.24, 2.45) is 0 Å². The molecule has 0 atom stereocenters. The molecule has 0 amide bonds. The number of carbonyl (C=O) groups is 1. The monoisotopic (exact) mass is 265 g/mol. The minimum absolute atomic E-state index is 0.106. The molecule has 0 unspecified atom stereocenters. The highest BCUT2D eigenvalue weighted by Crippen LogP contribution is 2.44. The lowest BCUT2D eigenvalue weighted by Gasteiger charge is -1.94. The molecule has 1 fully saturated rings. The van der Waals surface area contributed by atoms with Crippen molar-refractivity contribution in [2.45, 2.75) is 25.2 Å². The van der Waals surface area contributed by atoms with E-state index in [9.17, 15) is 4.79 Å². The number of thiophene rings is 1. The third kappa shape index (κ3) is 2.25. The predicted molar refractivity (Wildman–Crippen MR) is 68.7 cm³/mol. The van der Waals surface area contributed by atoms with Gasteiger partial charge >= 0.3 is 5.97 Å². The zero-order chi connectivity index (χ0) is 11.8. The molecule has 88 valence electrons. The van der Waals surface area contributed by atoms with E-state index in [0.29, 0.717) is 5.92 Å². The molecule has 3 rings (SSSR count). The van der Waals surface area contributed by atoms with E-state index in [0.717, 1.165) is 33.3 Å². The summed E-state index contributed by atoms with van der Waals surface area (Å²) in [6.07, 6.45) is 2.41. The Bertz CT molecular complexity index is 541. The van der Waals surface area contributed by atoms with E-state index in [1.54, 1.807) is 11.3 Å². The standard InChI is InChI=1S/C12H11NO2S2/c14-10(15)6-9-11(7-3-4-7)13-12(17-9)8-2-1-5-16-8/h1-2,5,7H,3-4,6H2,(H,14,15). The van der Waals surface area contributed by atoms with Crippen molar-refractivity contribution in [3.05, 3.63) is 28.1 Å². The van der Waals surface area contributed by atoms with Gasteiger partial charge in [0, 0.05) is 10.8 Å². The second-order valence-corrected chi connectivity index (χ2v) is 6.18. The van der Waals surface area contributed by atoms with Crippen LogP contribution in [-0.4, -0.2) is 16.1 Å². The summed E-state index contributed by atoms with van der Waals surface area (Å²) in [6, 6.07) is 4.03. The van der Waals surface area contributed by atoms with Crippen LogP contribution >= 0.6 is 22.7 Å². The van der Waals surface area contributed by atoms with Crippen molar-refractivity contribution in [1.82, 2.24) is 4.98 Å². The van der Waals surface area contributed by atoms with Gasteiger partial charge in [-0.25, -0.2) is 4.98 Å². The number of carboxylic acid groups (broad SMARTS) is 1. The first-order valence-corrected chi connectivity index (χ1v) is 7.19. The molecule has 3 nitrogen and oxygen atoms in total. The van der Waals surface area contributed by atoms with Crippen LogP contribution in [0.25, 0.3) is 9.88 Å². The first kappa shape index (κ1) is 10.9. The molecule has 0 saturated heterocycles. The number of thiazole rings is 1. The lowest BCUT2D eigenvalue weighted by molar-refractivity contribution is -0.136. The van der Waals surface area contributed by atoms with E-state index in [-0.39, 0.29) is 6.42 Å². The Kier molecular flexibility index (Phi) is 2.72. The first-order valence-electron chi connectivity index (χ1n) is 5.49. The molecular weight excluding hydrogens is 254 g/mol. The Labute approximate surface area is 107 Å². The summed E-state index contributed by atoms with van der Waals surface area (Å²) >= 11 is 3.18. The summed E-state index contributed by atoms with van der Waals surface area (Å²) in [5.41, 5.74) is 1.03. The average Bonchev–Trinajstić information content (AvgIpc) is 2.83. The smallest absolute Gasteiger partial charge is 0.308 e. The summed E-state index contributed by atoms with van der Waals surface area (Å²) in [6.45, 7) is 0. The van der Waals surface area contributed by atoms with Crippen LogP contribution in [0.3, 0.4) is 0 Å². The number of hydrogen-bond acceptors (Lipinski definition) is 4. The van der Waals surface area contributed by atoms with Crippen LogP contribution in [0.4, 0.5) is 0 Å². The maximum absolute atomic E-state index is 10.8. The number of rotatable bonds is 4. The van der Waals surface area contributed by atoms with Gasteiger partial charge in [-0.2, -0.15) is 0 Å². The average molecular weight is 265 g/mol. The number of aromatic nitrogens is 1. The topological polar surface area (TPSA) is 50.2 Å². The molecule has 2 heterocycles. The van der Waals surface area contributed by atoms with Crippen LogP contribution in [-0.2, 0) is 11.2 Å². The normalized spacial score (nSPS) is 15.1. The van der Waals surface area contributed by atoms with Crippen molar-refractivity contribution in [2.75, 3.05) is 0 Å². The third-order valence-corrected chi connectivity index (χ3v) is 4.85. The Hall–Kier alpha value is -1.20. The van der Waals surface area contributed by atoms with Crippen molar-refractivity contribution in [3.8, 4) is 9.88 Å². The fourth-order valence-electron chi connectivity index (χ4n) is 1.81. The van der Waals surface area contributed by atoms with Gasteiger partial charge in [-0.15, -0.1) is 22.7 Å². The number of nitrogens with zero attached hydrogens (tertiary/aromatic N) is 1. The molecule has 1 aliphatic rings. The summed E-state index contributed by atoms with van der Waals surface area (Å²) in [4.78, 5) is 17.5. The zero-order valence-electron chi connectivity index (χ0n) is 9.05. The second-order valence-electron chi connectivity index (χ2n) is 4.15. The Morgan fingerprint density at radius 1 is 1.53 bits per heavy atom. The van der Waals surface area contributed by atoms with Gasteiger partial charge in [0.25, 0.3) is 0 Å². The Balaban J connectivity index is 1.98. The molecule has 0 aromatic carbocycles. The van der Waals surface area contributed by atoms with E-state index in [2.05, 4.69) is 4.98 Å². The minimum Gasteiger partial charge on any atom is -0.481 e. The first-order chi connectivity index (χ1) is 8.24. The highest BCUT2D eigenvalue weighted by atomic mass is 32.1. The second kappa shape index (κ2) is 4.23. The van der Waals surface area contributed by atoms with Crippen LogP contribution < -0.4 is 0 Å². The van der Waals surface area contributed by atoms with E-state index in [4.69, 9.17) is 5.11 Å². The highest BCUT2D eigenvalue weighted by Gasteiger charge is 2.30. The molecule has 1 saturated carbocycles. The van der Waals surface area contributed by atoms with E-state index in [1.807, 2.05) is 17.5 Å². The molecule has 1 aliphatic carbocycles. The van der Waals surface area contributed by atoms with Gasteiger partial charge in [-0.3, -0.25) is 4.79 Å². The number of carboxylic acids is 1. The molecule has 2 aromatic heterocycles. The molecule has 0 spiro atoms. The fourth-order valence-corrected chi connectivity index (χ4v) is 3.74. The number of aliphatic carboxylic acids is 1. The van der Waals surface area contributed by atoms with Crippen LogP contribution in [0.5, 0.6) is 0 Å². The lowest BCUT2D eigenvalue weighted by Crippen LogP contribution is -2.00. The summed E-state index contributed by atoms with van der Waals surface area (Å²) < 4.78 is 0. The minimum atomic E-state index is -0.770. The van der Waals surface area contributed by atoms with Gasteiger partial charge in [0.15, 0.2) is 0 Å². The van der Waals surface area contributed by atoms with Gasteiger partial charge in [0.2, 0.25) is 0 Å². The Morgan fingerprint density at radius 2 is 2.35 bits per heavy atom. The largest absolute Gasteiger partial charge is 0.481 e. The van der Waals surface area contributed by atoms with E-state index >= 15 is 0 Å². The molecule has 17 heavy (non-hydrogen) atoms. The van der Waals surface area contributed by atoms with Crippen LogP contribution in [0, 0.1) is 0 Å². The quantitative estimate of drug-likeness (QED) is 0.922. The van der Waals surface area contributed by atoms with Crippen molar-refractivity contribution >= 4 is 28.6 Å². The fraction of sp³-hybridized carbons (Fsp3) is 0.333. The number of hydrogen-bond donors (Lipinski definition) is 1. The molecular formula is C12H11NO2S2. The van der Waals surface area contributed by atoms with Crippen LogP contribution in [0.1, 0.15) is 29.3 Å². The maximum atomic E-state index is 10.8. The highest BCUT2D eigenvalue weighted by molar-refractivity contribution is 7.21. The third-order valence-electron chi connectivity index (χ3n) is 2.74. The zero-order valence-corrected chi connectivity index (χ0v) is 10.7. The molecule has 2 aromatic rings. The van der Waals surface area contributed by atoms with Gasteiger partial charge in [0.05, 0.1) is 17.0 Å². The molecule has 0 aliphatic heterocycles. The van der Waals surface area contributed by atoms with Gasteiger partial charge < -0.3 is 5.11 Å².